The number of carbonyl (C=O) groups is 2. The molecule has 0 saturated carbocycles. The van der Waals surface area contributed by atoms with E-state index >= 15 is 0 Å². The monoisotopic (exact) mass is 513 g/mol. The van der Waals surface area contributed by atoms with Crippen molar-refractivity contribution in [3.05, 3.63) is 95.0 Å². The molecule has 0 spiro atoms. The van der Waals surface area contributed by atoms with Crippen molar-refractivity contribution in [3.63, 3.8) is 0 Å². The maximum absolute atomic E-state index is 12.9. The first-order valence-electron chi connectivity index (χ1n) is 11.7. The number of likely N-dealkylation sites (tertiary alicyclic amines) is 1. The number of aliphatic hydroxyl groups is 3. The van der Waals surface area contributed by atoms with Gasteiger partial charge >= 0.3 is 0 Å². The third-order valence-electron chi connectivity index (χ3n) is 5.15. The molecule has 1 aliphatic rings. The average Bonchev–Trinajstić information content (AvgIpc) is 3.48. The van der Waals surface area contributed by atoms with E-state index in [1.165, 1.54) is 4.90 Å². The van der Waals surface area contributed by atoms with Crippen LogP contribution in [0, 0.1) is 0 Å². The van der Waals surface area contributed by atoms with Crippen molar-refractivity contribution < 1.29 is 24.9 Å². The van der Waals surface area contributed by atoms with E-state index in [9.17, 15) is 14.7 Å². The number of rotatable bonds is 6. The average molecular weight is 514 g/mol. The third-order valence-corrected chi connectivity index (χ3v) is 5.40. The Morgan fingerprint density at radius 3 is 2.14 bits per heavy atom. The molecular weight excluding hydrogens is 482 g/mol. The van der Waals surface area contributed by atoms with Crippen LogP contribution in [0.4, 0.5) is 0 Å². The van der Waals surface area contributed by atoms with Crippen LogP contribution in [0.1, 0.15) is 37.4 Å². The van der Waals surface area contributed by atoms with Crippen molar-refractivity contribution in [2.45, 2.75) is 32.9 Å². The van der Waals surface area contributed by atoms with E-state index in [4.69, 9.17) is 21.8 Å². The summed E-state index contributed by atoms with van der Waals surface area (Å²) in [6.07, 6.45) is 5.89. The number of aliphatic hydroxyl groups excluding tert-OH is 3. The van der Waals surface area contributed by atoms with Gasteiger partial charge in [0, 0.05) is 49.3 Å². The van der Waals surface area contributed by atoms with Crippen LogP contribution in [-0.2, 0) is 16.1 Å². The molecule has 0 aliphatic carbocycles. The normalized spacial score (nSPS) is 16.1. The Morgan fingerprint density at radius 1 is 0.972 bits per heavy atom. The van der Waals surface area contributed by atoms with Gasteiger partial charge < -0.3 is 24.8 Å². The highest BCUT2D eigenvalue weighted by atomic mass is 35.5. The lowest BCUT2D eigenvalue weighted by atomic mass is 9.95. The minimum atomic E-state index is -0.682. The summed E-state index contributed by atoms with van der Waals surface area (Å²) < 4.78 is 1.91. The van der Waals surface area contributed by atoms with E-state index in [1.54, 1.807) is 74.9 Å². The van der Waals surface area contributed by atoms with Crippen LogP contribution in [0.25, 0.3) is 5.76 Å². The van der Waals surface area contributed by atoms with E-state index in [2.05, 4.69) is 4.98 Å². The Kier molecular flexibility index (Phi) is 11.9. The van der Waals surface area contributed by atoms with E-state index in [0.29, 0.717) is 30.1 Å². The first-order chi connectivity index (χ1) is 17.4. The predicted octanol–water partition coefficient (Wildman–Crippen LogP) is 4.05. The number of amides is 1. The number of halogens is 1. The molecule has 2 heterocycles. The van der Waals surface area contributed by atoms with Crippen LogP contribution in [0.3, 0.4) is 0 Å². The van der Waals surface area contributed by atoms with Crippen LogP contribution in [0.5, 0.6) is 0 Å². The summed E-state index contributed by atoms with van der Waals surface area (Å²) in [7, 11) is 0. The zero-order valence-electron chi connectivity index (χ0n) is 20.4. The van der Waals surface area contributed by atoms with Gasteiger partial charge in [0.2, 0.25) is 0 Å². The number of ketones is 1. The van der Waals surface area contributed by atoms with Crippen molar-refractivity contribution >= 4 is 29.1 Å². The number of imidazole rings is 1. The third kappa shape index (κ3) is 7.52. The van der Waals surface area contributed by atoms with Crippen LogP contribution >= 0.6 is 11.6 Å². The number of Topliss-reactive ketones (excluding diaryl/α,β-unsaturated/α-hetero) is 1. The van der Waals surface area contributed by atoms with Crippen LogP contribution < -0.4 is 0 Å². The lowest BCUT2D eigenvalue weighted by Crippen LogP contribution is -2.31. The van der Waals surface area contributed by atoms with Gasteiger partial charge in [-0.05, 0) is 38.0 Å². The highest BCUT2D eigenvalue weighted by Crippen LogP contribution is 2.39. The Bertz CT molecular complexity index is 1110. The molecule has 36 heavy (non-hydrogen) atoms. The van der Waals surface area contributed by atoms with Crippen molar-refractivity contribution in [2.24, 2.45) is 0 Å². The number of nitrogens with zero attached hydrogens (tertiary/aromatic N) is 3. The fraction of sp³-hybridized carbons (Fsp3) is 0.296. The fourth-order valence-electron chi connectivity index (χ4n) is 3.70. The zero-order chi connectivity index (χ0) is 26.5. The lowest BCUT2D eigenvalue weighted by molar-refractivity contribution is -0.139. The number of hydrogen-bond acceptors (Lipinski definition) is 6. The topological polar surface area (TPSA) is 116 Å². The Morgan fingerprint density at radius 2 is 1.58 bits per heavy atom. The van der Waals surface area contributed by atoms with Gasteiger partial charge in [0.15, 0.2) is 0 Å². The van der Waals surface area contributed by atoms with Gasteiger partial charge in [-0.1, -0.05) is 54.1 Å². The quantitative estimate of drug-likeness (QED) is 0.260. The fourth-order valence-corrected chi connectivity index (χ4v) is 3.82. The Labute approximate surface area is 216 Å². The first-order valence-corrected chi connectivity index (χ1v) is 12.0. The number of aryl methyl sites for hydroxylation is 1. The van der Waals surface area contributed by atoms with Gasteiger partial charge in [-0.2, -0.15) is 0 Å². The van der Waals surface area contributed by atoms with E-state index in [-0.39, 0.29) is 24.5 Å². The van der Waals surface area contributed by atoms with E-state index in [1.807, 2.05) is 16.8 Å². The van der Waals surface area contributed by atoms with Gasteiger partial charge in [-0.3, -0.25) is 9.59 Å². The first kappa shape index (κ1) is 28.8. The molecular formula is C27H32ClN3O5. The molecule has 4 rings (SSSR count). The molecule has 192 valence electrons. The van der Waals surface area contributed by atoms with Crippen LogP contribution in [0.15, 0.2) is 78.9 Å². The smallest absolute Gasteiger partial charge is 0.295 e. The SMILES string of the molecule is CCO.CCO.O=C1C(=O)N(CCCn2ccnc2)C(c2ccc(Cl)cc2)/C1=C(/O)c1ccccc1. The molecule has 8 nitrogen and oxygen atoms in total. The molecule has 1 fully saturated rings. The minimum Gasteiger partial charge on any atom is -0.507 e. The molecule has 9 heteroatoms. The van der Waals surface area contributed by atoms with E-state index < -0.39 is 17.7 Å². The van der Waals surface area contributed by atoms with Gasteiger partial charge in [0.25, 0.3) is 11.7 Å². The van der Waals surface area contributed by atoms with Crippen molar-refractivity contribution in [1.29, 1.82) is 0 Å². The molecule has 1 aliphatic heterocycles. The molecule has 3 aromatic rings. The summed E-state index contributed by atoms with van der Waals surface area (Å²) in [6, 6.07) is 15.1. The van der Waals surface area contributed by atoms with Gasteiger partial charge in [0.05, 0.1) is 17.9 Å². The zero-order valence-corrected chi connectivity index (χ0v) is 21.2. The Hall–Kier alpha value is -3.46. The van der Waals surface area contributed by atoms with Crippen molar-refractivity contribution in [1.82, 2.24) is 14.5 Å². The van der Waals surface area contributed by atoms with E-state index in [0.717, 1.165) is 5.56 Å². The van der Waals surface area contributed by atoms with Crippen LogP contribution in [0.2, 0.25) is 5.02 Å². The molecule has 3 N–H and O–H groups in total. The number of hydrogen-bond donors (Lipinski definition) is 3. The highest BCUT2D eigenvalue weighted by molar-refractivity contribution is 6.46. The molecule has 2 aromatic carbocycles. The molecule has 1 amide bonds. The maximum Gasteiger partial charge on any atom is 0.295 e. The number of aromatic nitrogens is 2. The molecule has 1 aromatic heterocycles. The van der Waals surface area contributed by atoms with Crippen molar-refractivity contribution in [2.75, 3.05) is 19.8 Å². The minimum absolute atomic E-state index is 0.0937. The Balaban J connectivity index is 0.000000693. The summed E-state index contributed by atoms with van der Waals surface area (Å²) in [5.74, 6) is -1.47. The second-order valence-corrected chi connectivity index (χ2v) is 8.13. The largest absolute Gasteiger partial charge is 0.507 e. The summed E-state index contributed by atoms with van der Waals surface area (Å²) >= 11 is 6.03. The predicted molar refractivity (Wildman–Crippen MR) is 139 cm³/mol. The lowest BCUT2D eigenvalue weighted by Gasteiger charge is -2.25. The second-order valence-electron chi connectivity index (χ2n) is 7.70. The number of benzene rings is 2. The summed E-state index contributed by atoms with van der Waals surface area (Å²) in [5.41, 5.74) is 1.31. The van der Waals surface area contributed by atoms with Gasteiger partial charge in [-0.15, -0.1) is 0 Å². The molecule has 1 unspecified atom stereocenters. The summed E-state index contributed by atoms with van der Waals surface area (Å²) in [5, 5.41) is 26.6. The maximum atomic E-state index is 12.9. The van der Waals surface area contributed by atoms with Crippen molar-refractivity contribution in [3.8, 4) is 0 Å². The number of carbonyl (C=O) groups excluding carboxylic acids is 2. The van der Waals surface area contributed by atoms with Gasteiger partial charge in [-0.25, -0.2) is 4.98 Å². The standard InChI is InChI=1S/C23H20ClN3O3.2C2H6O/c24-18-9-7-16(8-10-18)20-19(21(28)17-5-2-1-3-6-17)22(29)23(30)27(20)13-4-12-26-14-11-25-15-26;2*1-2-3/h1-3,5-11,14-15,20,28H,4,12-13H2;2*3H,2H2,1H3/b21-19-;;. The van der Waals surface area contributed by atoms with Gasteiger partial charge in [0.1, 0.15) is 5.76 Å². The molecule has 0 bridgehead atoms. The summed E-state index contributed by atoms with van der Waals surface area (Å²) in [6.45, 7) is 4.89. The second kappa shape index (κ2) is 14.8. The molecule has 0 radical (unpaired) electrons. The highest BCUT2D eigenvalue weighted by Gasteiger charge is 2.45. The molecule has 1 atom stereocenters. The van der Waals surface area contributed by atoms with Crippen LogP contribution in [-0.4, -0.2) is 61.2 Å². The summed E-state index contributed by atoms with van der Waals surface area (Å²) in [4.78, 5) is 31.3. The molecule has 1 saturated heterocycles.